The molecule has 1 aliphatic heterocycles. The molecule has 0 amide bonds. The maximum absolute atomic E-state index is 13.1. The molecule has 1 N–H and O–H groups in total. The number of halogens is 1. The summed E-state index contributed by atoms with van der Waals surface area (Å²) in [4.78, 5) is 38.6. The molecule has 2 heterocycles. The number of aromatic nitrogens is 2. The van der Waals surface area contributed by atoms with Crippen molar-refractivity contribution >= 4 is 27.7 Å². The monoisotopic (exact) mass is 461 g/mol. The molecule has 154 valence electrons. The van der Waals surface area contributed by atoms with Crippen LogP contribution in [-0.2, 0) is 23.6 Å². The van der Waals surface area contributed by atoms with Crippen molar-refractivity contribution in [2.45, 2.75) is 26.7 Å². The summed E-state index contributed by atoms with van der Waals surface area (Å²) in [6.07, 6.45) is 0. The van der Waals surface area contributed by atoms with Crippen LogP contribution in [0.4, 0.5) is 5.82 Å². The molecule has 0 spiro atoms. The Morgan fingerprint density at radius 1 is 1.24 bits per heavy atom. The SMILES string of the molecule is CC1=C(C(=O)OCC(C)C)[C@@H](c2cccc(Br)c2)c2c(n(C)c(=O)n(C)c2=O)N1. The average Bonchev–Trinajstić information content (AvgIpc) is 2.67. The number of hydrogen-bond donors (Lipinski definition) is 1. The normalized spacial score (nSPS) is 15.9. The van der Waals surface area contributed by atoms with Crippen LogP contribution in [0.2, 0.25) is 0 Å². The lowest BCUT2D eigenvalue weighted by atomic mass is 9.82. The Bertz CT molecular complexity index is 1130. The van der Waals surface area contributed by atoms with Gasteiger partial charge in [-0.15, -0.1) is 0 Å². The maximum Gasteiger partial charge on any atom is 0.336 e. The highest BCUT2D eigenvalue weighted by molar-refractivity contribution is 9.10. The minimum atomic E-state index is -0.658. The fourth-order valence-electron chi connectivity index (χ4n) is 3.50. The Labute approximate surface area is 177 Å². The van der Waals surface area contributed by atoms with E-state index in [2.05, 4.69) is 21.2 Å². The molecule has 0 bridgehead atoms. The lowest BCUT2D eigenvalue weighted by Gasteiger charge is -2.31. The molecule has 1 aromatic heterocycles. The number of fused-ring (bicyclic) bond motifs is 1. The van der Waals surface area contributed by atoms with Crippen molar-refractivity contribution in [3.8, 4) is 0 Å². The zero-order chi connectivity index (χ0) is 21.5. The lowest BCUT2D eigenvalue weighted by Crippen LogP contribution is -2.43. The summed E-state index contributed by atoms with van der Waals surface area (Å²) in [6.45, 7) is 5.95. The first-order chi connectivity index (χ1) is 13.6. The number of allylic oxidation sites excluding steroid dienone is 1. The number of hydrogen-bond acceptors (Lipinski definition) is 5. The van der Waals surface area contributed by atoms with Gasteiger partial charge in [-0.05, 0) is 30.5 Å². The molecule has 1 aliphatic rings. The summed E-state index contributed by atoms with van der Waals surface area (Å²) in [7, 11) is 3.03. The van der Waals surface area contributed by atoms with E-state index in [0.717, 1.165) is 14.6 Å². The van der Waals surface area contributed by atoms with Crippen LogP contribution in [0.1, 0.15) is 37.8 Å². The van der Waals surface area contributed by atoms with Crippen molar-refractivity contribution < 1.29 is 9.53 Å². The second-order valence-corrected chi connectivity index (χ2v) is 8.53. The van der Waals surface area contributed by atoms with Crippen LogP contribution in [0.15, 0.2) is 49.6 Å². The standard InChI is InChI=1S/C21H24BrN3O4/c1-11(2)10-29-20(27)15-12(3)23-18-17(19(26)25(5)21(28)24(18)4)16(15)13-7-6-8-14(22)9-13/h6-9,11,16,23H,10H2,1-5H3/t16-/m1/s1. The van der Waals surface area contributed by atoms with E-state index in [0.29, 0.717) is 22.7 Å². The van der Waals surface area contributed by atoms with E-state index in [4.69, 9.17) is 4.74 Å². The maximum atomic E-state index is 13.1. The van der Waals surface area contributed by atoms with Crippen LogP contribution in [0.3, 0.4) is 0 Å². The Morgan fingerprint density at radius 2 is 1.93 bits per heavy atom. The van der Waals surface area contributed by atoms with E-state index in [-0.39, 0.29) is 12.5 Å². The number of ether oxygens (including phenoxy) is 1. The topological polar surface area (TPSA) is 82.3 Å². The fraction of sp³-hybridized carbons (Fsp3) is 0.381. The first kappa shape index (κ1) is 21.1. The molecular formula is C21H24BrN3O4. The van der Waals surface area contributed by atoms with Crippen molar-refractivity contribution in [3.05, 3.63) is 72.0 Å². The van der Waals surface area contributed by atoms with E-state index in [1.807, 2.05) is 38.1 Å². The summed E-state index contributed by atoms with van der Waals surface area (Å²) < 4.78 is 8.78. The van der Waals surface area contributed by atoms with Gasteiger partial charge in [-0.25, -0.2) is 9.59 Å². The van der Waals surface area contributed by atoms with Crippen molar-refractivity contribution in [1.82, 2.24) is 9.13 Å². The Balaban J connectivity index is 2.30. The first-order valence-corrected chi connectivity index (χ1v) is 10.1. The summed E-state index contributed by atoms with van der Waals surface area (Å²) in [5, 5.41) is 3.09. The van der Waals surface area contributed by atoms with E-state index in [9.17, 15) is 14.4 Å². The Kier molecular flexibility index (Phi) is 5.84. The number of esters is 1. The highest BCUT2D eigenvalue weighted by Crippen LogP contribution is 2.40. The van der Waals surface area contributed by atoms with Gasteiger partial charge < -0.3 is 10.1 Å². The third-order valence-electron chi connectivity index (χ3n) is 4.94. The molecule has 0 saturated heterocycles. The summed E-state index contributed by atoms with van der Waals surface area (Å²) in [5.74, 6) is -0.563. The first-order valence-electron chi connectivity index (χ1n) is 9.33. The van der Waals surface area contributed by atoms with Crippen molar-refractivity contribution in [2.24, 2.45) is 20.0 Å². The van der Waals surface area contributed by atoms with Gasteiger partial charge in [-0.1, -0.05) is 41.9 Å². The number of anilines is 1. The summed E-state index contributed by atoms with van der Waals surface area (Å²) in [6, 6.07) is 7.45. The molecule has 0 radical (unpaired) electrons. The molecule has 29 heavy (non-hydrogen) atoms. The molecule has 0 saturated carbocycles. The number of carbonyl (C=O) groups is 1. The Morgan fingerprint density at radius 3 is 2.55 bits per heavy atom. The average molecular weight is 462 g/mol. The van der Waals surface area contributed by atoms with Crippen molar-refractivity contribution in [3.63, 3.8) is 0 Å². The second kappa shape index (κ2) is 8.02. The van der Waals surface area contributed by atoms with Crippen molar-refractivity contribution in [1.29, 1.82) is 0 Å². The number of rotatable bonds is 4. The quantitative estimate of drug-likeness (QED) is 0.707. The molecule has 0 aliphatic carbocycles. The fourth-order valence-corrected chi connectivity index (χ4v) is 3.91. The molecule has 2 aromatic rings. The highest BCUT2D eigenvalue weighted by Gasteiger charge is 2.37. The van der Waals surface area contributed by atoms with Gasteiger partial charge in [0.25, 0.3) is 5.56 Å². The molecule has 8 heteroatoms. The van der Waals surface area contributed by atoms with Crippen molar-refractivity contribution in [2.75, 3.05) is 11.9 Å². The third-order valence-corrected chi connectivity index (χ3v) is 5.43. The third kappa shape index (κ3) is 3.81. The summed E-state index contributed by atoms with van der Waals surface area (Å²) in [5.41, 5.74) is 1.14. The van der Waals surface area contributed by atoms with Crippen LogP contribution in [-0.4, -0.2) is 21.7 Å². The molecule has 1 atom stereocenters. The summed E-state index contributed by atoms with van der Waals surface area (Å²) >= 11 is 3.46. The van der Waals surface area contributed by atoms with Gasteiger partial charge in [0.2, 0.25) is 0 Å². The molecule has 7 nitrogen and oxygen atoms in total. The van der Waals surface area contributed by atoms with Crippen LogP contribution in [0.5, 0.6) is 0 Å². The van der Waals surface area contributed by atoms with E-state index < -0.39 is 23.1 Å². The Hall–Kier alpha value is -2.61. The van der Waals surface area contributed by atoms with E-state index in [1.54, 1.807) is 14.0 Å². The van der Waals surface area contributed by atoms with Crippen LogP contribution in [0, 0.1) is 5.92 Å². The lowest BCUT2D eigenvalue weighted by molar-refractivity contribution is -0.140. The minimum absolute atomic E-state index is 0.182. The van der Waals surface area contributed by atoms with Gasteiger partial charge in [0, 0.05) is 24.3 Å². The molecule has 1 aromatic carbocycles. The number of benzene rings is 1. The van der Waals surface area contributed by atoms with Crippen LogP contribution < -0.4 is 16.6 Å². The molecule has 3 rings (SSSR count). The zero-order valence-corrected chi connectivity index (χ0v) is 18.7. The highest BCUT2D eigenvalue weighted by atomic mass is 79.9. The number of carbonyl (C=O) groups excluding carboxylic acids is 1. The van der Waals surface area contributed by atoms with Crippen LogP contribution >= 0.6 is 15.9 Å². The largest absolute Gasteiger partial charge is 0.462 e. The van der Waals surface area contributed by atoms with E-state index in [1.165, 1.54) is 11.6 Å². The molecular weight excluding hydrogens is 438 g/mol. The minimum Gasteiger partial charge on any atom is -0.462 e. The molecule has 0 unspecified atom stereocenters. The van der Waals surface area contributed by atoms with Gasteiger partial charge in [0.15, 0.2) is 0 Å². The van der Waals surface area contributed by atoms with Crippen LogP contribution in [0.25, 0.3) is 0 Å². The number of nitrogens with one attached hydrogen (secondary N) is 1. The predicted octanol–water partition coefficient (Wildman–Crippen LogP) is 2.88. The van der Waals surface area contributed by atoms with E-state index >= 15 is 0 Å². The van der Waals surface area contributed by atoms with Gasteiger partial charge >= 0.3 is 11.7 Å². The van der Waals surface area contributed by atoms with Gasteiger partial charge in [0.05, 0.1) is 23.7 Å². The second-order valence-electron chi connectivity index (χ2n) is 7.61. The molecule has 0 fully saturated rings. The smallest absolute Gasteiger partial charge is 0.336 e. The predicted molar refractivity (Wildman–Crippen MR) is 115 cm³/mol. The number of nitrogens with zero attached hydrogens (tertiary/aromatic N) is 2. The van der Waals surface area contributed by atoms with Gasteiger partial charge in [-0.2, -0.15) is 0 Å². The zero-order valence-electron chi connectivity index (χ0n) is 17.1. The van der Waals surface area contributed by atoms with Gasteiger partial charge in [0.1, 0.15) is 5.82 Å². The van der Waals surface area contributed by atoms with Gasteiger partial charge in [-0.3, -0.25) is 13.9 Å².